The van der Waals surface area contributed by atoms with E-state index in [1.807, 2.05) is 12.1 Å². The molecule has 0 bridgehead atoms. The highest BCUT2D eigenvalue weighted by atomic mass is 32.2. The molecule has 0 fully saturated rings. The Morgan fingerprint density at radius 2 is 2.29 bits per heavy atom. The summed E-state index contributed by atoms with van der Waals surface area (Å²) in [5.74, 6) is 0.00853. The molecule has 0 aliphatic heterocycles. The molecule has 2 heterocycles. The number of hydrogen-bond acceptors (Lipinski definition) is 6. The third-order valence-corrected chi connectivity index (χ3v) is 5.58. The lowest BCUT2D eigenvalue weighted by atomic mass is 10.2. The van der Waals surface area contributed by atoms with Crippen LogP contribution < -0.4 is 11.3 Å². The number of nitrogens with two attached hydrogens (primary N) is 1. The number of hydrogen-bond donors (Lipinski definition) is 2. The van der Waals surface area contributed by atoms with E-state index in [1.54, 1.807) is 19.1 Å². The van der Waals surface area contributed by atoms with Gasteiger partial charge in [0.15, 0.2) is 5.16 Å². The van der Waals surface area contributed by atoms with Crippen molar-refractivity contribution in [3.63, 3.8) is 0 Å². The second-order valence-electron chi connectivity index (χ2n) is 5.07. The first kappa shape index (κ1) is 16.2. The number of amides is 1. The van der Waals surface area contributed by atoms with Crippen LogP contribution in [-0.4, -0.2) is 15.9 Å². The van der Waals surface area contributed by atoms with Crippen molar-refractivity contribution in [2.45, 2.75) is 17.8 Å². The van der Waals surface area contributed by atoms with Gasteiger partial charge in [0.2, 0.25) is 0 Å². The maximum absolute atomic E-state index is 12.3. The Balaban J connectivity index is 1.92. The van der Waals surface area contributed by atoms with Crippen molar-refractivity contribution in [3.05, 3.63) is 56.2 Å². The summed E-state index contributed by atoms with van der Waals surface area (Å²) in [7, 11) is 0. The van der Waals surface area contributed by atoms with E-state index in [0.717, 1.165) is 16.9 Å². The molecule has 2 aromatic heterocycles. The summed E-state index contributed by atoms with van der Waals surface area (Å²) in [6.07, 6.45) is 0. The Bertz CT molecular complexity index is 1050. The van der Waals surface area contributed by atoms with Gasteiger partial charge in [0.1, 0.15) is 4.83 Å². The lowest BCUT2D eigenvalue weighted by Crippen LogP contribution is -2.11. The molecule has 8 heteroatoms. The molecule has 0 aliphatic rings. The molecule has 120 valence electrons. The fourth-order valence-electron chi connectivity index (χ4n) is 2.31. The normalized spacial score (nSPS) is 10.7. The number of aromatic nitrogens is 2. The molecule has 0 unspecified atom stereocenters. The number of benzene rings is 1. The van der Waals surface area contributed by atoms with E-state index in [0.29, 0.717) is 37.1 Å². The third kappa shape index (κ3) is 3.04. The van der Waals surface area contributed by atoms with Gasteiger partial charge in [-0.3, -0.25) is 9.59 Å². The molecule has 0 spiro atoms. The number of nitrogens with one attached hydrogen (secondary N) is 1. The highest BCUT2D eigenvalue weighted by Gasteiger charge is 2.17. The van der Waals surface area contributed by atoms with Gasteiger partial charge in [0, 0.05) is 5.75 Å². The number of rotatable bonds is 4. The Kier molecular flexibility index (Phi) is 4.38. The molecule has 0 saturated heterocycles. The molecule has 6 nitrogen and oxygen atoms in total. The van der Waals surface area contributed by atoms with E-state index >= 15 is 0 Å². The largest absolute Gasteiger partial charge is 0.365 e. The Morgan fingerprint density at radius 3 is 3.00 bits per heavy atom. The standard InChI is InChI=1S/C16H12N4O2S2/c1-8-11-14(22)19-16(20-15(11)24-12(8)13(18)21)23-7-10-4-2-3-9(5-10)6-17/h2-5H,7H2,1H3,(H2,18,21)(H,19,20,22). The molecule has 3 N–H and O–H groups in total. The smallest absolute Gasteiger partial charge is 0.260 e. The van der Waals surface area contributed by atoms with Crippen LogP contribution in [0.1, 0.15) is 26.4 Å². The summed E-state index contributed by atoms with van der Waals surface area (Å²) in [5, 5.41) is 9.79. The molecule has 0 atom stereocenters. The van der Waals surface area contributed by atoms with Crippen molar-refractivity contribution in [1.29, 1.82) is 5.26 Å². The highest BCUT2D eigenvalue weighted by molar-refractivity contribution is 7.98. The number of aryl methyl sites for hydroxylation is 1. The van der Waals surface area contributed by atoms with Crippen LogP contribution in [0.2, 0.25) is 0 Å². The summed E-state index contributed by atoms with van der Waals surface area (Å²) < 4.78 is 0. The van der Waals surface area contributed by atoms with Crippen molar-refractivity contribution < 1.29 is 4.79 Å². The van der Waals surface area contributed by atoms with Crippen molar-refractivity contribution in [3.8, 4) is 6.07 Å². The predicted octanol–water partition coefficient (Wildman–Crippen LogP) is 2.56. The number of thioether (sulfide) groups is 1. The van der Waals surface area contributed by atoms with E-state index in [1.165, 1.54) is 11.8 Å². The SMILES string of the molecule is Cc1c(C(N)=O)sc2nc(SCc3cccc(C#N)c3)[nH]c(=O)c12. The van der Waals surface area contributed by atoms with Gasteiger partial charge in [-0.2, -0.15) is 5.26 Å². The van der Waals surface area contributed by atoms with Crippen molar-refractivity contribution in [1.82, 2.24) is 9.97 Å². The van der Waals surface area contributed by atoms with Gasteiger partial charge < -0.3 is 10.7 Å². The zero-order valence-electron chi connectivity index (χ0n) is 12.6. The van der Waals surface area contributed by atoms with E-state index < -0.39 is 5.91 Å². The van der Waals surface area contributed by atoms with Crippen molar-refractivity contribution in [2.75, 3.05) is 0 Å². The van der Waals surface area contributed by atoms with Crippen LogP contribution in [0.4, 0.5) is 0 Å². The summed E-state index contributed by atoms with van der Waals surface area (Å²) >= 11 is 2.49. The molecule has 0 saturated carbocycles. The predicted molar refractivity (Wildman–Crippen MR) is 94.2 cm³/mol. The van der Waals surface area contributed by atoms with Crippen LogP contribution in [0.3, 0.4) is 0 Å². The topological polar surface area (TPSA) is 113 Å². The highest BCUT2D eigenvalue weighted by Crippen LogP contribution is 2.28. The average molecular weight is 356 g/mol. The van der Waals surface area contributed by atoms with Gasteiger partial charge in [0.05, 0.1) is 21.9 Å². The molecular weight excluding hydrogens is 344 g/mol. The molecule has 1 amide bonds. The van der Waals surface area contributed by atoms with E-state index in [4.69, 9.17) is 11.0 Å². The minimum absolute atomic E-state index is 0.283. The Morgan fingerprint density at radius 1 is 1.50 bits per heavy atom. The quantitative estimate of drug-likeness (QED) is 0.551. The summed E-state index contributed by atoms with van der Waals surface area (Å²) in [6, 6.07) is 9.35. The first-order valence-corrected chi connectivity index (χ1v) is 8.75. The molecular formula is C16H12N4O2S2. The van der Waals surface area contributed by atoms with Crippen LogP contribution in [0.5, 0.6) is 0 Å². The van der Waals surface area contributed by atoms with Gasteiger partial charge in [0.25, 0.3) is 11.5 Å². The lowest BCUT2D eigenvalue weighted by molar-refractivity contribution is 0.100. The molecule has 0 radical (unpaired) electrons. The summed E-state index contributed by atoms with van der Waals surface area (Å²) in [4.78, 5) is 31.7. The number of fused-ring (bicyclic) bond motifs is 1. The minimum atomic E-state index is -0.558. The first-order valence-electron chi connectivity index (χ1n) is 6.94. The summed E-state index contributed by atoms with van der Waals surface area (Å²) in [5.41, 5.74) is 7.16. The first-order chi connectivity index (χ1) is 11.5. The number of aromatic amines is 1. The minimum Gasteiger partial charge on any atom is -0.365 e. The van der Waals surface area contributed by atoms with Crippen LogP contribution in [0.15, 0.2) is 34.2 Å². The van der Waals surface area contributed by atoms with Crippen LogP contribution >= 0.6 is 23.1 Å². The lowest BCUT2D eigenvalue weighted by Gasteiger charge is -2.02. The number of carbonyl (C=O) groups is 1. The Labute approximate surface area is 145 Å². The molecule has 1 aromatic carbocycles. The van der Waals surface area contributed by atoms with Crippen molar-refractivity contribution in [2.24, 2.45) is 5.73 Å². The van der Waals surface area contributed by atoms with Gasteiger partial charge in [-0.1, -0.05) is 23.9 Å². The fourth-order valence-corrected chi connectivity index (χ4v) is 4.21. The van der Waals surface area contributed by atoms with Gasteiger partial charge in [-0.25, -0.2) is 4.98 Å². The van der Waals surface area contributed by atoms with E-state index in [2.05, 4.69) is 16.0 Å². The maximum atomic E-state index is 12.3. The summed E-state index contributed by atoms with van der Waals surface area (Å²) in [6.45, 7) is 1.69. The number of H-pyrrole nitrogens is 1. The number of nitriles is 1. The second-order valence-corrected chi connectivity index (χ2v) is 7.04. The monoisotopic (exact) mass is 356 g/mol. The molecule has 3 aromatic rings. The van der Waals surface area contributed by atoms with Gasteiger partial charge in [-0.15, -0.1) is 11.3 Å². The number of nitrogens with zero attached hydrogens (tertiary/aromatic N) is 2. The van der Waals surface area contributed by atoms with Crippen molar-refractivity contribution >= 4 is 39.2 Å². The zero-order valence-corrected chi connectivity index (χ0v) is 14.3. The number of primary amides is 1. The maximum Gasteiger partial charge on any atom is 0.260 e. The van der Waals surface area contributed by atoms with E-state index in [-0.39, 0.29) is 5.56 Å². The zero-order chi connectivity index (χ0) is 17.3. The second kappa shape index (κ2) is 6.47. The molecule has 0 aliphatic carbocycles. The van der Waals surface area contributed by atoms with Crippen LogP contribution in [-0.2, 0) is 5.75 Å². The number of carbonyl (C=O) groups excluding carboxylic acids is 1. The van der Waals surface area contributed by atoms with Gasteiger partial charge in [-0.05, 0) is 30.2 Å². The van der Waals surface area contributed by atoms with Gasteiger partial charge >= 0.3 is 0 Å². The van der Waals surface area contributed by atoms with Crippen LogP contribution in [0.25, 0.3) is 10.2 Å². The molecule has 24 heavy (non-hydrogen) atoms. The third-order valence-electron chi connectivity index (χ3n) is 3.43. The average Bonchev–Trinajstić information content (AvgIpc) is 2.90. The van der Waals surface area contributed by atoms with E-state index in [9.17, 15) is 9.59 Å². The fraction of sp³-hybridized carbons (Fsp3) is 0.125. The number of thiophene rings is 1. The Hall–Kier alpha value is -2.63. The van der Waals surface area contributed by atoms with Crippen LogP contribution in [0, 0.1) is 18.3 Å². The molecule has 3 rings (SSSR count).